The van der Waals surface area contributed by atoms with Crippen molar-refractivity contribution < 1.29 is 24.2 Å². The van der Waals surface area contributed by atoms with Crippen LogP contribution >= 0.6 is 22.9 Å². The van der Waals surface area contributed by atoms with Crippen LogP contribution in [0.4, 0.5) is 0 Å². The Bertz CT molecular complexity index is 1410. The highest BCUT2D eigenvalue weighted by molar-refractivity contribution is 7.17. The number of hydrogen-bond acceptors (Lipinski definition) is 8. The molecule has 12 heteroatoms. The fraction of sp³-hybridized carbons (Fsp3) is 0.259. The normalized spacial score (nSPS) is 14.7. The first-order valence-corrected chi connectivity index (χ1v) is 13.3. The molecule has 0 saturated heterocycles. The number of carboxylic acids is 1. The second-order valence-electron chi connectivity index (χ2n) is 8.71. The molecule has 4 rings (SSSR count). The van der Waals surface area contributed by atoms with Crippen LogP contribution in [0.2, 0.25) is 5.02 Å². The third kappa shape index (κ3) is 6.15. The first kappa shape index (κ1) is 27.9. The molecule has 204 valence electrons. The zero-order valence-electron chi connectivity index (χ0n) is 21.6. The summed E-state index contributed by atoms with van der Waals surface area (Å²) in [6.45, 7) is 4.63. The quantitative estimate of drug-likeness (QED) is 0.299. The number of nitrogens with zero attached hydrogens (tertiary/aromatic N) is 3. The molecule has 3 N–H and O–H groups in total. The monoisotopic (exact) mass is 569 g/mol. The maximum Gasteiger partial charge on any atom is 0.345 e. The fourth-order valence-corrected chi connectivity index (χ4v) is 5.20. The zero-order chi connectivity index (χ0) is 28.1. The molecule has 10 nitrogen and oxygen atoms in total. The minimum atomic E-state index is -0.967. The molecular weight excluding hydrogens is 542 g/mol. The highest BCUT2D eigenvalue weighted by atomic mass is 35.5. The Morgan fingerprint density at radius 1 is 1.28 bits per heavy atom. The Hall–Kier alpha value is -4.09. The number of benzene rings is 1. The molecular formula is C27H28ClN5O5S. The summed E-state index contributed by atoms with van der Waals surface area (Å²) < 4.78 is 6.06. The van der Waals surface area contributed by atoms with Crippen molar-refractivity contribution in [2.45, 2.75) is 26.6 Å². The Balaban J connectivity index is 1.52. The van der Waals surface area contributed by atoms with Gasteiger partial charge in [-0.3, -0.25) is 14.5 Å². The van der Waals surface area contributed by atoms with Crippen molar-refractivity contribution in [3.63, 3.8) is 0 Å². The van der Waals surface area contributed by atoms with Crippen LogP contribution in [-0.4, -0.2) is 64.5 Å². The van der Waals surface area contributed by atoms with E-state index in [1.165, 1.54) is 23.3 Å². The SMILES string of the molecule is CCN1C(C(=O)NC)=C(N(C=O)Cc2ccc(Cl)cc2)NC1COc1ncc(-c2ccc(C(=O)O)s2)cc1C. The smallest absolute Gasteiger partial charge is 0.345 e. The van der Waals surface area contributed by atoms with Gasteiger partial charge in [0.15, 0.2) is 0 Å². The molecule has 0 bridgehead atoms. The largest absolute Gasteiger partial charge is 0.477 e. The number of likely N-dealkylation sites (N-methyl/N-ethyl adjacent to an activating group) is 2. The number of amides is 2. The highest BCUT2D eigenvalue weighted by Crippen LogP contribution is 2.31. The summed E-state index contributed by atoms with van der Waals surface area (Å²) in [6, 6.07) is 12.3. The van der Waals surface area contributed by atoms with Crippen LogP contribution in [0.5, 0.6) is 5.88 Å². The Morgan fingerprint density at radius 2 is 2.03 bits per heavy atom. The van der Waals surface area contributed by atoms with Gasteiger partial charge in [-0.2, -0.15) is 0 Å². The van der Waals surface area contributed by atoms with Crippen molar-refractivity contribution in [3.8, 4) is 16.3 Å². The van der Waals surface area contributed by atoms with E-state index in [1.54, 1.807) is 30.5 Å². The molecule has 1 unspecified atom stereocenters. The van der Waals surface area contributed by atoms with E-state index in [2.05, 4.69) is 15.6 Å². The van der Waals surface area contributed by atoms with Gasteiger partial charge in [0.1, 0.15) is 29.2 Å². The van der Waals surface area contributed by atoms with Gasteiger partial charge in [0.25, 0.3) is 5.91 Å². The number of thiophene rings is 1. The first-order valence-electron chi connectivity index (χ1n) is 12.1. The molecule has 1 atom stereocenters. The van der Waals surface area contributed by atoms with Gasteiger partial charge in [-0.05, 0) is 49.7 Å². The van der Waals surface area contributed by atoms with Gasteiger partial charge < -0.3 is 25.4 Å². The summed E-state index contributed by atoms with van der Waals surface area (Å²) >= 11 is 7.17. The molecule has 1 aromatic carbocycles. The van der Waals surface area contributed by atoms with Crippen molar-refractivity contribution in [2.75, 3.05) is 20.2 Å². The Kier molecular flexibility index (Phi) is 8.72. The summed E-state index contributed by atoms with van der Waals surface area (Å²) in [5.41, 5.74) is 2.75. The summed E-state index contributed by atoms with van der Waals surface area (Å²) in [7, 11) is 1.54. The average Bonchev–Trinajstić information content (AvgIpc) is 3.57. The van der Waals surface area contributed by atoms with E-state index in [-0.39, 0.29) is 23.9 Å². The van der Waals surface area contributed by atoms with Crippen molar-refractivity contribution >= 4 is 41.2 Å². The molecule has 0 fully saturated rings. The zero-order valence-corrected chi connectivity index (χ0v) is 23.2. The number of aromatic nitrogens is 1. The number of carbonyl (C=O) groups is 3. The lowest BCUT2D eigenvalue weighted by atomic mass is 10.2. The molecule has 0 aliphatic carbocycles. The van der Waals surface area contributed by atoms with E-state index in [0.717, 1.165) is 21.6 Å². The van der Waals surface area contributed by atoms with E-state index in [4.69, 9.17) is 16.3 Å². The maximum absolute atomic E-state index is 12.9. The number of carboxylic acid groups (broad SMARTS) is 1. The summed E-state index contributed by atoms with van der Waals surface area (Å²) in [6.07, 6.45) is 1.88. The third-order valence-corrected chi connectivity index (χ3v) is 7.54. The van der Waals surface area contributed by atoms with Gasteiger partial charge in [-0.25, -0.2) is 9.78 Å². The first-order chi connectivity index (χ1) is 18.7. The number of rotatable bonds is 11. The number of aromatic carboxylic acids is 1. The van der Waals surface area contributed by atoms with Gasteiger partial charge in [0, 0.05) is 40.8 Å². The maximum atomic E-state index is 12.9. The summed E-state index contributed by atoms with van der Waals surface area (Å²) in [5.74, 6) is -0.511. The molecule has 3 heterocycles. The van der Waals surface area contributed by atoms with Crippen molar-refractivity contribution in [3.05, 3.63) is 81.2 Å². The van der Waals surface area contributed by atoms with E-state index in [0.29, 0.717) is 35.4 Å². The molecule has 2 amide bonds. The van der Waals surface area contributed by atoms with E-state index in [1.807, 2.05) is 36.9 Å². The number of halogens is 1. The minimum absolute atomic E-state index is 0.140. The number of nitrogens with one attached hydrogen (secondary N) is 2. The molecule has 39 heavy (non-hydrogen) atoms. The number of hydrogen-bond donors (Lipinski definition) is 3. The van der Waals surface area contributed by atoms with E-state index >= 15 is 0 Å². The van der Waals surface area contributed by atoms with Crippen LogP contribution in [0.25, 0.3) is 10.4 Å². The highest BCUT2D eigenvalue weighted by Gasteiger charge is 2.37. The van der Waals surface area contributed by atoms with Crippen LogP contribution in [0.15, 0.2) is 60.2 Å². The van der Waals surface area contributed by atoms with Crippen molar-refractivity contribution in [1.82, 2.24) is 25.4 Å². The van der Waals surface area contributed by atoms with Crippen LogP contribution in [-0.2, 0) is 16.1 Å². The molecule has 2 aromatic heterocycles. The Morgan fingerprint density at radius 3 is 2.62 bits per heavy atom. The standard InChI is InChI=1S/C27H28ClN5O5S/c1-4-33-22(14-38-26-16(2)11-18(12-30-26)20-9-10-21(39-20)27(36)37)31-24(23(33)25(35)29-3)32(15-34)13-17-5-7-19(28)8-6-17/h5-12,15,22,31H,4,13-14H2,1-3H3,(H,29,35)(H,36,37). The fourth-order valence-electron chi connectivity index (χ4n) is 4.25. The average molecular weight is 570 g/mol. The number of carbonyl (C=O) groups excluding carboxylic acids is 2. The lowest BCUT2D eigenvalue weighted by molar-refractivity contribution is -0.119. The number of pyridine rings is 1. The Labute approximate surface area is 234 Å². The topological polar surface area (TPSA) is 124 Å². The molecule has 1 aliphatic heterocycles. The van der Waals surface area contributed by atoms with Gasteiger partial charge in [0.05, 0.1) is 6.54 Å². The second kappa shape index (κ2) is 12.2. The predicted molar refractivity (Wildman–Crippen MR) is 148 cm³/mol. The number of aryl methyl sites for hydroxylation is 1. The van der Waals surface area contributed by atoms with Crippen LogP contribution < -0.4 is 15.4 Å². The summed E-state index contributed by atoms with van der Waals surface area (Å²) in [4.78, 5) is 45.0. The predicted octanol–water partition coefficient (Wildman–Crippen LogP) is 3.67. The second-order valence-corrected chi connectivity index (χ2v) is 10.2. The molecule has 0 radical (unpaired) electrons. The molecule has 3 aromatic rings. The van der Waals surface area contributed by atoms with Gasteiger partial charge in [-0.15, -0.1) is 11.3 Å². The number of ether oxygens (including phenoxy) is 1. The van der Waals surface area contributed by atoms with Crippen LogP contribution in [0.3, 0.4) is 0 Å². The van der Waals surface area contributed by atoms with Gasteiger partial charge in [0.2, 0.25) is 12.3 Å². The molecule has 1 aliphatic rings. The summed E-state index contributed by atoms with van der Waals surface area (Å²) in [5, 5.41) is 15.7. The minimum Gasteiger partial charge on any atom is -0.477 e. The van der Waals surface area contributed by atoms with Crippen LogP contribution in [0, 0.1) is 6.92 Å². The van der Waals surface area contributed by atoms with Gasteiger partial charge in [-0.1, -0.05) is 23.7 Å². The molecule has 0 saturated carbocycles. The third-order valence-electron chi connectivity index (χ3n) is 6.16. The van der Waals surface area contributed by atoms with E-state index in [9.17, 15) is 19.5 Å². The van der Waals surface area contributed by atoms with E-state index < -0.39 is 12.1 Å². The van der Waals surface area contributed by atoms with Crippen LogP contribution in [0.1, 0.15) is 27.7 Å². The van der Waals surface area contributed by atoms with Gasteiger partial charge >= 0.3 is 5.97 Å². The molecule has 0 spiro atoms. The van der Waals surface area contributed by atoms with Crippen molar-refractivity contribution in [2.24, 2.45) is 0 Å². The van der Waals surface area contributed by atoms with Crippen molar-refractivity contribution in [1.29, 1.82) is 0 Å². The lowest BCUT2D eigenvalue weighted by Gasteiger charge is -2.26. The lowest BCUT2D eigenvalue weighted by Crippen LogP contribution is -2.44.